The number of unbranched alkanes of at least 4 members (excludes halogenated alkanes) is 1. The number of aromatic nitrogens is 1. The summed E-state index contributed by atoms with van der Waals surface area (Å²) in [6, 6.07) is 6.30. The molecule has 3 nitrogen and oxygen atoms in total. The van der Waals surface area contributed by atoms with E-state index in [0.29, 0.717) is 0 Å². The first-order valence-electron chi connectivity index (χ1n) is 5.94. The van der Waals surface area contributed by atoms with E-state index in [9.17, 15) is 0 Å². The standard InChI is InChI=1S/C13H18BrN3/c14-9-4-5-13-10(7-9)11(8-17-13)12(16)3-1-2-6-15/h4-5,7-8,12,17H,1-3,6,15-16H2/t12-/m1/s1. The van der Waals surface area contributed by atoms with Gasteiger partial charge >= 0.3 is 0 Å². The van der Waals surface area contributed by atoms with Gasteiger partial charge in [-0.05, 0) is 43.1 Å². The van der Waals surface area contributed by atoms with Crippen molar-refractivity contribution in [2.45, 2.75) is 25.3 Å². The van der Waals surface area contributed by atoms with E-state index in [1.807, 2.05) is 12.3 Å². The van der Waals surface area contributed by atoms with Crippen LogP contribution in [0.1, 0.15) is 30.9 Å². The third-order valence-corrected chi connectivity index (χ3v) is 3.54. The normalized spacial score (nSPS) is 13.1. The Bertz CT molecular complexity index is 492. The molecule has 2 aromatic rings. The van der Waals surface area contributed by atoms with Crippen LogP contribution in [0.15, 0.2) is 28.9 Å². The monoisotopic (exact) mass is 295 g/mol. The van der Waals surface area contributed by atoms with Crippen molar-refractivity contribution in [2.75, 3.05) is 6.54 Å². The summed E-state index contributed by atoms with van der Waals surface area (Å²) in [5, 5.41) is 1.21. The quantitative estimate of drug-likeness (QED) is 0.742. The fraction of sp³-hybridized carbons (Fsp3) is 0.385. The second-order valence-electron chi connectivity index (χ2n) is 4.32. The zero-order valence-corrected chi connectivity index (χ0v) is 11.3. The molecule has 0 unspecified atom stereocenters. The summed E-state index contributed by atoms with van der Waals surface area (Å²) in [7, 11) is 0. The van der Waals surface area contributed by atoms with Gasteiger partial charge in [0.25, 0.3) is 0 Å². The zero-order chi connectivity index (χ0) is 12.3. The number of benzene rings is 1. The first kappa shape index (κ1) is 12.6. The Balaban J connectivity index is 2.19. The predicted molar refractivity (Wildman–Crippen MR) is 75.8 cm³/mol. The van der Waals surface area contributed by atoms with Crippen LogP contribution in [0.2, 0.25) is 0 Å². The number of nitrogens with two attached hydrogens (primary N) is 2. The third kappa shape index (κ3) is 2.89. The first-order chi connectivity index (χ1) is 8.22. The number of hydrogen-bond acceptors (Lipinski definition) is 2. The number of hydrogen-bond donors (Lipinski definition) is 3. The summed E-state index contributed by atoms with van der Waals surface area (Å²) in [6.07, 6.45) is 5.12. The van der Waals surface area contributed by atoms with Crippen LogP contribution < -0.4 is 11.5 Å². The van der Waals surface area contributed by atoms with Crippen LogP contribution >= 0.6 is 15.9 Å². The van der Waals surface area contributed by atoms with Gasteiger partial charge in [0.05, 0.1) is 0 Å². The van der Waals surface area contributed by atoms with Gasteiger partial charge in [0, 0.05) is 27.6 Å². The topological polar surface area (TPSA) is 67.8 Å². The van der Waals surface area contributed by atoms with Gasteiger partial charge in [-0.1, -0.05) is 22.4 Å². The van der Waals surface area contributed by atoms with E-state index in [2.05, 4.69) is 33.0 Å². The zero-order valence-electron chi connectivity index (χ0n) is 9.75. The van der Waals surface area contributed by atoms with E-state index < -0.39 is 0 Å². The van der Waals surface area contributed by atoms with Gasteiger partial charge in [0.15, 0.2) is 0 Å². The average molecular weight is 296 g/mol. The highest BCUT2D eigenvalue weighted by Crippen LogP contribution is 2.28. The molecule has 17 heavy (non-hydrogen) atoms. The molecule has 92 valence electrons. The lowest BCUT2D eigenvalue weighted by molar-refractivity contribution is 0.594. The molecule has 0 amide bonds. The molecule has 0 aliphatic heterocycles. The summed E-state index contributed by atoms with van der Waals surface area (Å²) < 4.78 is 1.08. The molecule has 0 spiro atoms. The summed E-state index contributed by atoms with van der Waals surface area (Å²) >= 11 is 3.49. The highest BCUT2D eigenvalue weighted by atomic mass is 79.9. The SMILES string of the molecule is NCCCC[C@@H](N)c1c[nH]c2ccc(Br)cc12. The maximum Gasteiger partial charge on any atom is 0.0458 e. The lowest BCUT2D eigenvalue weighted by Crippen LogP contribution is -2.10. The third-order valence-electron chi connectivity index (χ3n) is 3.04. The fourth-order valence-corrected chi connectivity index (χ4v) is 2.45. The van der Waals surface area contributed by atoms with E-state index in [0.717, 1.165) is 35.8 Å². The highest BCUT2D eigenvalue weighted by molar-refractivity contribution is 9.10. The van der Waals surface area contributed by atoms with Crippen LogP contribution in [-0.4, -0.2) is 11.5 Å². The maximum absolute atomic E-state index is 6.22. The summed E-state index contributed by atoms with van der Waals surface area (Å²) in [5.41, 5.74) is 14.0. The molecular weight excluding hydrogens is 278 g/mol. The van der Waals surface area contributed by atoms with E-state index >= 15 is 0 Å². The fourth-order valence-electron chi connectivity index (χ4n) is 2.09. The molecule has 0 fully saturated rings. The molecule has 0 aliphatic carbocycles. The predicted octanol–water partition coefficient (Wildman–Crippen LogP) is 3.06. The molecule has 2 rings (SSSR count). The van der Waals surface area contributed by atoms with Crippen molar-refractivity contribution >= 4 is 26.8 Å². The molecule has 0 saturated heterocycles. The number of fused-ring (bicyclic) bond motifs is 1. The molecule has 1 aromatic carbocycles. The largest absolute Gasteiger partial charge is 0.361 e. The molecule has 1 aromatic heterocycles. The van der Waals surface area contributed by atoms with Crippen LogP contribution in [0.3, 0.4) is 0 Å². The van der Waals surface area contributed by atoms with Crippen LogP contribution in [0, 0.1) is 0 Å². The van der Waals surface area contributed by atoms with E-state index in [-0.39, 0.29) is 6.04 Å². The Morgan fingerprint density at radius 2 is 2.12 bits per heavy atom. The lowest BCUT2D eigenvalue weighted by Gasteiger charge is -2.10. The minimum absolute atomic E-state index is 0.0876. The molecule has 0 saturated carbocycles. The molecule has 0 radical (unpaired) electrons. The number of nitrogens with one attached hydrogen (secondary N) is 1. The van der Waals surface area contributed by atoms with Crippen molar-refractivity contribution in [1.82, 2.24) is 4.98 Å². The Labute approximate surface area is 110 Å². The maximum atomic E-state index is 6.22. The molecule has 0 aliphatic rings. The minimum atomic E-state index is 0.0876. The Hall–Kier alpha value is -0.840. The summed E-state index contributed by atoms with van der Waals surface area (Å²) in [4.78, 5) is 3.26. The van der Waals surface area contributed by atoms with Crippen molar-refractivity contribution in [1.29, 1.82) is 0 Å². The molecule has 0 bridgehead atoms. The first-order valence-corrected chi connectivity index (χ1v) is 6.74. The number of H-pyrrole nitrogens is 1. The lowest BCUT2D eigenvalue weighted by atomic mass is 10.0. The van der Waals surface area contributed by atoms with Gasteiger partial charge < -0.3 is 16.5 Å². The smallest absolute Gasteiger partial charge is 0.0458 e. The second-order valence-corrected chi connectivity index (χ2v) is 5.24. The number of aromatic amines is 1. The van der Waals surface area contributed by atoms with E-state index in [1.54, 1.807) is 0 Å². The van der Waals surface area contributed by atoms with Crippen LogP contribution in [-0.2, 0) is 0 Å². The summed E-state index contributed by atoms with van der Waals surface area (Å²) in [5.74, 6) is 0. The molecule has 1 heterocycles. The Kier molecular flexibility index (Phi) is 4.20. The highest BCUT2D eigenvalue weighted by Gasteiger charge is 2.11. The van der Waals surface area contributed by atoms with Crippen LogP contribution in [0.5, 0.6) is 0 Å². The number of halogens is 1. The summed E-state index contributed by atoms with van der Waals surface area (Å²) in [6.45, 7) is 0.742. The molecular formula is C13H18BrN3. The van der Waals surface area contributed by atoms with Crippen molar-refractivity contribution in [3.63, 3.8) is 0 Å². The van der Waals surface area contributed by atoms with Crippen LogP contribution in [0.25, 0.3) is 10.9 Å². The van der Waals surface area contributed by atoms with Gasteiger partial charge in [-0.2, -0.15) is 0 Å². The van der Waals surface area contributed by atoms with Crippen molar-refractivity contribution < 1.29 is 0 Å². The molecule has 4 heteroatoms. The van der Waals surface area contributed by atoms with Gasteiger partial charge in [0.1, 0.15) is 0 Å². The van der Waals surface area contributed by atoms with Crippen molar-refractivity contribution in [2.24, 2.45) is 11.5 Å². The van der Waals surface area contributed by atoms with Gasteiger partial charge in [-0.25, -0.2) is 0 Å². The second kappa shape index (κ2) is 5.67. The van der Waals surface area contributed by atoms with Gasteiger partial charge in [-0.3, -0.25) is 0 Å². The van der Waals surface area contributed by atoms with Gasteiger partial charge in [-0.15, -0.1) is 0 Å². The Morgan fingerprint density at radius 1 is 1.29 bits per heavy atom. The average Bonchev–Trinajstić information content (AvgIpc) is 2.72. The molecule has 5 N–H and O–H groups in total. The number of rotatable bonds is 5. The van der Waals surface area contributed by atoms with Crippen LogP contribution in [0.4, 0.5) is 0 Å². The molecule has 1 atom stereocenters. The minimum Gasteiger partial charge on any atom is -0.361 e. The van der Waals surface area contributed by atoms with E-state index in [4.69, 9.17) is 11.5 Å². The Morgan fingerprint density at radius 3 is 2.88 bits per heavy atom. The van der Waals surface area contributed by atoms with Crippen molar-refractivity contribution in [3.8, 4) is 0 Å². The van der Waals surface area contributed by atoms with Gasteiger partial charge in [0.2, 0.25) is 0 Å². The van der Waals surface area contributed by atoms with E-state index in [1.165, 1.54) is 10.9 Å². The van der Waals surface area contributed by atoms with Crippen molar-refractivity contribution in [3.05, 3.63) is 34.4 Å².